The molecule has 0 aromatic heterocycles. The Morgan fingerprint density at radius 3 is 2.44 bits per heavy atom. The van der Waals surface area contributed by atoms with Crippen molar-refractivity contribution in [2.75, 3.05) is 0 Å². The van der Waals surface area contributed by atoms with Crippen LogP contribution in [0.2, 0.25) is 0 Å². The number of ketones is 1. The van der Waals surface area contributed by atoms with Crippen molar-refractivity contribution in [2.24, 2.45) is 23.5 Å². The summed E-state index contributed by atoms with van der Waals surface area (Å²) in [5, 5.41) is 9.22. The zero-order valence-corrected chi connectivity index (χ0v) is 11.6. The largest absolute Gasteiger partial charge is 0.480 e. The van der Waals surface area contributed by atoms with Gasteiger partial charge in [0.15, 0.2) is 0 Å². The molecular weight excluding hydrogens is 230 g/mol. The Morgan fingerprint density at radius 2 is 2.00 bits per heavy atom. The van der Waals surface area contributed by atoms with Crippen LogP contribution in [0.4, 0.5) is 0 Å². The van der Waals surface area contributed by atoms with Crippen molar-refractivity contribution in [3.05, 3.63) is 0 Å². The van der Waals surface area contributed by atoms with Gasteiger partial charge in [-0.1, -0.05) is 33.6 Å². The van der Waals surface area contributed by atoms with Crippen LogP contribution in [0, 0.1) is 17.8 Å². The normalized spacial score (nSPS) is 27.8. The van der Waals surface area contributed by atoms with E-state index in [0.717, 1.165) is 19.3 Å². The van der Waals surface area contributed by atoms with Crippen LogP contribution in [0.3, 0.4) is 0 Å². The van der Waals surface area contributed by atoms with E-state index in [1.165, 1.54) is 6.42 Å². The number of hydrogen-bond acceptors (Lipinski definition) is 3. The smallest absolute Gasteiger partial charge is 0.324 e. The van der Waals surface area contributed by atoms with Gasteiger partial charge in [-0.3, -0.25) is 9.59 Å². The Hall–Kier alpha value is -0.900. The Kier molecular flexibility index (Phi) is 4.91. The number of aliphatic carboxylic acids is 1. The highest BCUT2D eigenvalue weighted by atomic mass is 16.4. The highest BCUT2D eigenvalue weighted by Crippen LogP contribution is 2.32. The molecule has 0 radical (unpaired) electrons. The molecule has 0 bridgehead atoms. The van der Waals surface area contributed by atoms with Crippen LogP contribution >= 0.6 is 0 Å². The summed E-state index contributed by atoms with van der Waals surface area (Å²) in [5.74, 6) is -0.728. The van der Waals surface area contributed by atoms with Crippen molar-refractivity contribution in [3.63, 3.8) is 0 Å². The summed E-state index contributed by atoms with van der Waals surface area (Å²) in [6.07, 6.45) is 3.95. The highest BCUT2D eigenvalue weighted by molar-refractivity contribution is 5.90. The standard InChI is InChI=1S/C14H25NO3/c1-9(2)14(15,13(17)18)8-12(16)11-6-4-5-10(3)7-11/h9-11H,4-8,15H2,1-3H3,(H,17,18)/t10?,11?,14-/m0/s1. The molecule has 0 heterocycles. The molecule has 0 aliphatic heterocycles. The molecule has 0 saturated heterocycles. The number of carboxylic acids is 1. The third-order valence-electron chi connectivity index (χ3n) is 4.29. The fraction of sp³-hybridized carbons (Fsp3) is 0.857. The predicted octanol–water partition coefficient (Wildman–Crippen LogP) is 2.21. The highest BCUT2D eigenvalue weighted by Gasteiger charge is 2.41. The molecule has 1 aliphatic rings. The van der Waals surface area contributed by atoms with Crippen LogP contribution in [-0.4, -0.2) is 22.4 Å². The van der Waals surface area contributed by atoms with E-state index in [0.29, 0.717) is 5.92 Å². The number of carboxylic acid groups (broad SMARTS) is 1. The second kappa shape index (κ2) is 5.83. The average molecular weight is 255 g/mol. The molecule has 1 fully saturated rings. The summed E-state index contributed by atoms with van der Waals surface area (Å²) in [6, 6.07) is 0. The minimum Gasteiger partial charge on any atom is -0.480 e. The minimum atomic E-state index is -1.42. The number of carbonyl (C=O) groups excluding carboxylic acids is 1. The monoisotopic (exact) mass is 255 g/mol. The molecule has 104 valence electrons. The molecule has 1 rings (SSSR count). The summed E-state index contributed by atoms with van der Waals surface area (Å²) in [6.45, 7) is 5.66. The van der Waals surface area contributed by atoms with Crippen LogP contribution in [-0.2, 0) is 9.59 Å². The maximum atomic E-state index is 12.2. The zero-order valence-electron chi connectivity index (χ0n) is 11.6. The molecule has 0 amide bonds. The Labute approximate surface area is 109 Å². The van der Waals surface area contributed by atoms with Crippen molar-refractivity contribution < 1.29 is 14.7 Å². The summed E-state index contributed by atoms with van der Waals surface area (Å²) < 4.78 is 0. The van der Waals surface area contributed by atoms with Gasteiger partial charge in [0, 0.05) is 12.3 Å². The number of carbonyl (C=O) groups is 2. The van der Waals surface area contributed by atoms with Gasteiger partial charge in [0.05, 0.1) is 0 Å². The van der Waals surface area contributed by atoms with Crippen LogP contribution in [0.25, 0.3) is 0 Å². The van der Waals surface area contributed by atoms with Gasteiger partial charge in [-0.15, -0.1) is 0 Å². The molecule has 3 N–H and O–H groups in total. The van der Waals surface area contributed by atoms with E-state index >= 15 is 0 Å². The van der Waals surface area contributed by atoms with Gasteiger partial charge < -0.3 is 10.8 Å². The maximum Gasteiger partial charge on any atom is 0.324 e. The van der Waals surface area contributed by atoms with Crippen molar-refractivity contribution in [2.45, 2.75) is 58.4 Å². The zero-order chi connectivity index (χ0) is 13.9. The van der Waals surface area contributed by atoms with Crippen molar-refractivity contribution in [3.8, 4) is 0 Å². The van der Waals surface area contributed by atoms with Gasteiger partial charge >= 0.3 is 5.97 Å². The van der Waals surface area contributed by atoms with Gasteiger partial charge in [-0.05, 0) is 24.7 Å². The second-order valence-electron chi connectivity index (χ2n) is 6.11. The quantitative estimate of drug-likeness (QED) is 0.789. The van der Waals surface area contributed by atoms with Crippen molar-refractivity contribution in [1.29, 1.82) is 0 Å². The number of rotatable bonds is 5. The van der Waals surface area contributed by atoms with E-state index in [-0.39, 0.29) is 24.0 Å². The SMILES string of the molecule is CC1CCCC(C(=O)C[C@@](N)(C(=O)O)C(C)C)C1. The summed E-state index contributed by atoms with van der Waals surface area (Å²) in [4.78, 5) is 23.5. The van der Waals surface area contributed by atoms with Gasteiger partial charge in [0.25, 0.3) is 0 Å². The van der Waals surface area contributed by atoms with E-state index in [4.69, 9.17) is 5.73 Å². The Morgan fingerprint density at radius 1 is 1.39 bits per heavy atom. The molecule has 3 atom stereocenters. The first-order chi connectivity index (χ1) is 8.27. The van der Waals surface area contributed by atoms with E-state index in [2.05, 4.69) is 6.92 Å². The molecule has 1 aliphatic carbocycles. The lowest BCUT2D eigenvalue weighted by molar-refractivity contribution is -0.148. The second-order valence-corrected chi connectivity index (χ2v) is 6.11. The number of Topliss-reactive ketones (excluding diaryl/α,β-unsaturated/α-hetero) is 1. The molecular formula is C14H25NO3. The molecule has 1 saturated carbocycles. The maximum absolute atomic E-state index is 12.2. The molecule has 18 heavy (non-hydrogen) atoms. The lowest BCUT2D eigenvalue weighted by Gasteiger charge is -2.32. The van der Waals surface area contributed by atoms with E-state index in [1.54, 1.807) is 13.8 Å². The van der Waals surface area contributed by atoms with Crippen molar-refractivity contribution in [1.82, 2.24) is 0 Å². The van der Waals surface area contributed by atoms with Crippen LogP contribution in [0.5, 0.6) is 0 Å². The number of nitrogens with two attached hydrogens (primary N) is 1. The topological polar surface area (TPSA) is 80.4 Å². The molecule has 0 aromatic carbocycles. The molecule has 0 spiro atoms. The van der Waals surface area contributed by atoms with Gasteiger partial charge in [-0.25, -0.2) is 0 Å². The van der Waals surface area contributed by atoms with Gasteiger partial charge in [-0.2, -0.15) is 0 Å². The third-order valence-corrected chi connectivity index (χ3v) is 4.29. The predicted molar refractivity (Wildman–Crippen MR) is 70.1 cm³/mol. The Bertz CT molecular complexity index is 327. The summed E-state index contributed by atoms with van der Waals surface area (Å²) in [7, 11) is 0. The fourth-order valence-corrected chi connectivity index (χ4v) is 2.69. The number of hydrogen-bond donors (Lipinski definition) is 2. The lowest BCUT2D eigenvalue weighted by atomic mass is 9.75. The molecule has 0 aromatic rings. The first kappa shape index (κ1) is 15.2. The van der Waals surface area contributed by atoms with Gasteiger partial charge in [0.2, 0.25) is 0 Å². The van der Waals surface area contributed by atoms with E-state index in [9.17, 15) is 14.7 Å². The van der Waals surface area contributed by atoms with Crippen LogP contribution in [0.15, 0.2) is 0 Å². The fourth-order valence-electron chi connectivity index (χ4n) is 2.69. The van der Waals surface area contributed by atoms with Crippen LogP contribution in [0.1, 0.15) is 52.9 Å². The van der Waals surface area contributed by atoms with E-state index < -0.39 is 11.5 Å². The molecule has 4 nitrogen and oxygen atoms in total. The Balaban J connectivity index is 2.70. The minimum absolute atomic E-state index is 0.00905. The summed E-state index contributed by atoms with van der Waals surface area (Å²) >= 11 is 0. The molecule has 2 unspecified atom stereocenters. The van der Waals surface area contributed by atoms with E-state index in [1.807, 2.05) is 0 Å². The third kappa shape index (κ3) is 3.31. The molecule has 4 heteroatoms. The van der Waals surface area contributed by atoms with Crippen molar-refractivity contribution >= 4 is 11.8 Å². The lowest BCUT2D eigenvalue weighted by Crippen LogP contribution is -2.54. The first-order valence-electron chi connectivity index (χ1n) is 6.82. The average Bonchev–Trinajstić information content (AvgIpc) is 2.28. The summed E-state index contributed by atoms with van der Waals surface area (Å²) in [5.41, 5.74) is 4.49. The van der Waals surface area contributed by atoms with Gasteiger partial charge in [0.1, 0.15) is 11.3 Å². The first-order valence-corrected chi connectivity index (χ1v) is 6.82. The van der Waals surface area contributed by atoms with Crippen LogP contribution < -0.4 is 5.73 Å².